The fraction of sp³-hybridized carbons (Fsp3) is 0.571. The van der Waals surface area contributed by atoms with Crippen LogP contribution in [0.3, 0.4) is 0 Å². The van der Waals surface area contributed by atoms with Gasteiger partial charge in [-0.15, -0.1) is 0 Å². The summed E-state index contributed by atoms with van der Waals surface area (Å²) < 4.78 is 59.5. The molecule has 0 bridgehead atoms. The van der Waals surface area contributed by atoms with Crippen LogP contribution in [-0.2, 0) is 28.7 Å². The third kappa shape index (κ3) is 3.67. The molecule has 0 fully saturated rings. The smallest absolute Gasteiger partial charge is 0.275 e. The summed E-state index contributed by atoms with van der Waals surface area (Å²) in [5, 5.41) is 3.24. The van der Waals surface area contributed by atoms with Gasteiger partial charge in [0.1, 0.15) is 0 Å². The summed E-state index contributed by atoms with van der Waals surface area (Å²) in [6, 6.07) is 0. The van der Waals surface area contributed by atoms with Gasteiger partial charge in [-0.25, -0.2) is 8.42 Å². The number of hydrogen-bond donors (Lipinski definition) is 0. The summed E-state index contributed by atoms with van der Waals surface area (Å²) in [6.45, 7) is 0. The Morgan fingerprint density at radius 1 is 1.50 bits per heavy atom. The summed E-state index contributed by atoms with van der Waals surface area (Å²) in [6.07, 6.45) is -3.77. The third-order valence-corrected chi connectivity index (χ3v) is 2.94. The molecule has 0 atom stereocenters. The lowest BCUT2D eigenvalue weighted by atomic mass is 10.2. The molecule has 4 nitrogen and oxygen atoms in total. The number of aryl methyl sites for hydroxylation is 2. The van der Waals surface area contributed by atoms with Crippen LogP contribution in [0, 0.1) is 0 Å². The quantitative estimate of drug-likeness (QED) is 0.787. The average Bonchev–Trinajstić information content (AvgIpc) is 2.41. The minimum Gasteiger partial charge on any atom is -0.275 e. The van der Waals surface area contributed by atoms with Crippen molar-refractivity contribution in [3.8, 4) is 0 Å². The van der Waals surface area contributed by atoms with Crippen LogP contribution in [0.1, 0.15) is 11.3 Å². The lowest BCUT2D eigenvalue weighted by molar-refractivity contribution is -0.142. The second-order valence-corrected chi connectivity index (χ2v) is 6.06. The first-order valence-corrected chi connectivity index (χ1v) is 6.59. The number of hydrogen-bond acceptors (Lipinski definition) is 3. The van der Waals surface area contributed by atoms with E-state index in [1.165, 1.54) is 7.05 Å². The van der Waals surface area contributed by atoms with E-state index in [2.05, 4.69) is 5.10 Å². The Hall–Kier alpha value is -0.760. The summed E-state index contributed by atoms with van der Waals surface area (Å²) >= 11 is 0. The van der Waals surface area contributed by atoms with E-state index in [0.29, 0.717) is 0 Å². The molecule has 0 aliphatic rings. The molecule has 0 amide bonds. The average molecular weight is 277 g/mol. The highest BCUT2D eigenvalue weighted by Crippen LogP contribution is 2.30. The molecule has 1 heterocycles. The van der Waals surface area contributed by atoms with Crippen molar-refractivity contribution in [3.63, 3.8) is 0 Å². The topological polar surface area (TPSA) is 52.0 Å². The van der Waals surface area contributed by atoms with Gasteiger partial charge in [-0.3, -0.25) is 4.68 Å². The molecule has 0 aliphatic carbocycles. The first-order valence-electron chi connectivity index (χ1n) is 4.11. The molecule has 0 spiro atoms. The standard InChI is InChI=1S/C7H8ClF3N2O2S/c1-13-4-5(2-3-16(8,14)15)6(12-13)7(9,10)11/h4H,2-3H2,1H3. The van der Waals surface area contributed by atoms with E-state index < -0.39 is 26.7 Å². The van der Waals surface area contributed by atoms with Crippen molar-refractivity contribution in [2.75, 3.05) is 5.75 Å². The monoisotopic (exact) mass is 276 g/mol. The first kappa shape index (κ1) is 13.3. The molecule has 1 aromatic heterocycles. The Kier molecular flexibility index (Phi) is 3.53. The Morgan fingerprint density at radius 2 is 2.06 bits per heavy atom. The predicted octanol–water partition coefficient (Wildman–Crippen LogP) is 1.55. The van der Waals surface area contributed by atoms with Gasteiger partial charge in [-0.2, -0.15) is 18.3 Å². The summed E-state index contributed by atoms with van der Waals surface area (Å²) in [7, 11) is 2.44. The maximum Gasteiger partial charge on any atom is 0.435 e. The van der Waals surface area contributed by atoms with E-state index in [4.69, 9.17) is 10.7 Å². The number of nitrogens with zero attached hydrogens (tertiary/aromatic N) is 2. The highest BCUT2D eigenvalue weighted by molar-refractivity contribution is 8.13. The summed E-state index contributed by atoms with van der Waals surface area (Å²) in [5.41, 5.74) is -1.26. The predicted molar refractivity (Wildman–Crippen MR) is 51.6 cm³/mol. The van der Waals surface area contributed by atoms with Crippen molar-refractivity contribution < 1.29 is 21.6 Å². The van der Waals surface area contributed by atoms with Crippen LogP contribution in [0.5, 0.6) is 0 Å². The van der Waals surface area contributed by atoms with Crippen molar-refractivity contribution in [1.29, 1.82) is 0 Å². The molecule has 9 heteroatoms. The third-order valence-electron chi connectivity index (χ3n) is 1.79. The summed E-state index contributed by atoms with van der Waals surface area (Å²) in [4.78, 5) is 0. The molecule has 16 heavy (non-hydrogen) atoms. The molecule has 1 rings (SSSR count). The van der Waals surface area contributed by atoms with Gasteiger partial charge in [0.2, 0.25) is 9.05 Å². The van der Waals surface area contributed by atoms with Crippen LogP contribution in [0.2, 0.25) is 0 Å². The van der Waals surface area contributed by atoms with E-state index in [1.54, 1.807) is 0 Å². The Bertz CT molecular complexity index is 480. The van der Waals surface area contributed by atoms with Gasteiger partial charge >= 0.3 is 6.18 Å². The number of aromatic nitrogens is 2. The number of alkyl halides is 3. The van der Waals surface area contributed by atoms with Gasteiger partial charge in [-0.1, -0.05) is 0 Å². The molecule has 0 unspecified atom stereocenters. The molecule has 0 saturated heterocycles. The van der Waals surface area contributed by atoms with Gasteiger partial charge in [0.15, 0.2) is 5.69 Å². The largest absolute Gasteiger partial charge is 0.435 e. The molecular weight excluding hydrogens is 269 g/mol. The van der Waals surface area contributed by atoms with Crippen LogP contribution in [0.25, 0.3) is 0 Å². The molecule has 0 saturated carbocycles. The van der Waals surface area contributed by atoms with Crippen LogP contribution in [-0.4, -0.2) is 24.0 Å². The van der Waals surface area contributed by atoms with Gasteiger partial charge in [0.25, 0.3) is 0 Å². The van der Waals surface area contributed by atoms with Crippen LogP contribution in [0.4, 0.5) is 13.2 Å². The van der Waals surface area contributed by atoms with E-state index in [0.717, 1.165) is 10.9 Å². The van der Waals surface area contributed by atoms with E-state index in [-0.39, 0.29) is 12.0 Å². The maximum absolute atomic E-state index is 12.4. The highest BCUT2D eigenvalue weighted by Gasteiger charge is 2.36. The minimum absolute atomic E-state index is 0.181. The molecule has 1 aromatic rings. The second-order valence-electron chi connectivity index (χ2n) is 3.17. The van der Waals surface area contributed by atoms with Crippen LogP contribution in [0.15, 0.2) is 6.20 Å². The van der Waals surface area contributed by atoms with Gasteiger partial charge in [-0.05, 0) is 6.42 Å². The number of rotatable bonds is 3. The normalized spacial score (nSPS) is 13.1. The highest BCUT2D eigenvalue weighted by atomic mass is 35.7. The zero-order chi connectivity index (χ0) is 12.6. The lowest BCUT2D eigenvalue weighted by Gasteiger charge is -2.04. The van der Waals surface area contributed by atoms with Gasteiger partial charge in [0.05, 0.1) is 5.75 Å². The Balaban J connectivity index is 2.96. The molecular formula is C7H8ClF3N2O2S. The zero-order valence-electron chi connectivity index (χ0n) is 8.12. The molecule has 0 radical (unpaired) electrons. The Morgan fingerprint density at radius 3 is 2.50 bits per heavy atom. The summed E-state index contributed by atoms with van der Waals surface area (Å²) in [5.74, 6) is -0.552. The number of halogens is 4. The molecule has 0 aromatic carbocycles. The van der Waals surface area contributed by atoms with Crippen molar-refractivity contribution in [2.45, 2.75) is 12.6 Å². The van der Waals surface area contributed by atoms with E-state index >= 15 is 0 Å². The lowest BCUT2D eigenvalue weighted by Crippen LogP contribution is -2.11. The molecule has 92 valence electrons. The maximum atomic E-state index is 12.4. The van der Waals surface area contributed by atoms with Gasteiger partial charge in [0, 0.05) is 29.5 Å². The fourth-order valence-corrected chi connectivity index (χ4v) is 1.89. The molecule has 0 N–H and O–H groups in total. The Labute approximate surface area is 94.4 Å². The van der Waals surface area contributed by atoms with Crippen molar-refractivity contribution in [3.05, 3.63) is 17.5 Å². The van der Waals surface area contributed by atoms with Crippen molar-refractivity contribution >= 4 is 19.7 Å². The minimum atomic E-state index is -4.59. The second kappa shape index (κ2) is 4.25. The van der Waals surface area contributed by atoms with Crippen molar-refractivity contribution in [2.24, 2.45) is 7.05 Å². The van der Waals surface area contributed by atoms with Crippen molar-refractivity contribution in [1.82, 2.24) is 9.78 Å². The van der Waals surface area contributed by atoms with Crippen LogP contribution < -0.4 is 0 Å². The SMILES string of the molecule is Cn1cc(CCS(=O)(=O)Cl)c(C(F)(F)F)n1. The fourth-order valence-electron chi connectivity index (χ4n) is 1.19. The van der Waals surface area contributed by atoms with Crippen LogP contribution >= 0.6 is 10.7 Å². The zero-order valence-corrected chi connectivity index (χ0v) is 9.70. The molecule has 0 aliphatic heterocycles. The van der Waals surface area contributed by atoms with Gasteiger partial charge < -0.3 is 0 Å². The first-order chi connectivity index (χ1) is 7.09. The van der Waals surface area contributed by atoms with E-state index in [1.807, 2.05) is 0 Å². The van der Waals surface area contributed by atoms with E-state index in [9.17, 15) is 21.6 Å².